The van der Waals surface area contributed by atoms with Gasteiger partial charge in [-0.05, 0) is 24.1 Å². The van der Waals surface area contributed by atoms with Gasteiger partial charge in [0.15, 0.2) is 5.60 Å². The molecule has 0 spiro atoms. The van der Waals surface area contributed by atoms with E-state index in [2.05, 4.69) is 4.99 Å². The Kier molecular flexibility index (Phi) is 2.24. The van der Waals surface area contributed by atoms with E-state index in [0.717, 1.165) is 0 Å². The van der Waals surface area contributed by atoms with Crippen molar-refractivity contribution < 1.29 is 5.11 Å². The Morgan fingerprint density at radius 1 is 1.47 bits per heavy atom. The molecule has 1 aromatic carbocycles. The zero-order valence-corrected chi connectivity index (χ0v) is 9.42. The van der Waals surface area contributed by atoms with E-state index in [-0.39, 0.29) is 11.8 Å². The lowest BCUT2D eigenvalue weighted by Gasteiger charge is -2.28. The third-order valence-electron chi connectivity index (χ3n) is 2.84. The Bertz CT molecular complexity index is 442. The van der Waals surface area contributed by atoms with Gasteiger partial charge in [0.2, 0.25) is 0 Å². The van der Waals surface area contributed by atoms with Crippen LogP contribution in [0.2, 0.25) is 5.02 Å². The Labute approximate surface area is 93.6 Å². The summed E-state index contributed by atoms with van der Waals surface area (Å²) in [7, 11) is 0. The van der Waals surface area contributed by atoms with Crippen LogP contribution in [0, 0.1) is 5.92 Å². The van der Waals surface area contributed by atoms with Crippen LogP contribution in [0.1, 0.15) is 19.4 Å². The highest BCUT2D eigenvalue weighted by Crippen LogP contribution is 2.42. The first-order valence-corrected chi connectivity index (χ1v) is 5.21. The van der Waals surface area contributed by atoms with Gasteiger partial charge in [-0.3, -0.25) is 0 Å². The molecule has 1 heterocycles. The SMILES string of the molecule is CC(C)[C@@]1(O)C(N)=Nc2ccc(Cl)cc21. The van der Waals surface area contributed by atoms with Gasteiger partial charge in [-0.2, -0.15) is 0 Å². The third-order valence-corrected chi connectivity index (χ3v) is 3.07. The van der Waals surface area contributed by atoms with E-state index in [9.17, 15) is 5.11 Å². The molecule has 0 aromatic heterocycles. The van der Waals surface area contributed by atoms with Crippen LogP contribution in [0.4, 0.5) is 5.69 Å². The standard InChI is InChI=1S/C11H13ClN2O/c1-6(2)11(15)8-5-7(12)3-4-9(8)14-10(11)13/h3-6,15H,1-2H3,(H2,13,14)/t11-/m0/s1. The molecule has 0 saturated heterocycles. The number of nitrogens with two attached hydrogens (primary N) is 1. The number of nitrogens with zero attached hydrogens (tertiary/aromatic N) is 1. The molecule has 2 rings (SSSR count). The largest absolute Gasteiger partial charge is 0.384 e. The zero-order chi connectivity index (χ0) is 11.2. The van der Waals surface area contributed by atoms with Crippen molar-refractivity contribution in [2.45, 2.75) is 19.4 Å². The smallest absolute Gasteiger partial charge is 0.151 e. The number of rotatable bonds is 1. The first-order valence-electron chi connectivity index (χ1n) is 4.83. The number of aliphatic hydroxyl groups is 1. The predicted molar refractivity (Wildman–Crippen MR) is 61.5 cm³/mol. The van der Waals surface area contributed by atoms with Gasteiger partial charge < -0.3 is 10.8 Å². The average molecular weight is 225 g/mol. The summed E-state index contributed by atoms with van der Waals surface area (Å²) in [4.78, 5) is 4.15. The molecule has 0 saturated carbocycles. The number of hydrogen-bond acceptors (Lipinski definition) is 3. The Morgan fingerprint density at radius 3 is 2.73 bits per heavy atom. The van der Waals surface area contributed by atoms with Crippen molar-refractivity contribution in [3.05, 3.63) is 28.8 Å². The Hall–Kier alpha value is -1.06. The fourth-order valence-electron chi connectivity index (χ4n) is 1.87. The summed E-state index contributed by atoms with van der Waals surface area (Å²) in [6.45, 7) is 3.80. The topological polar surface area (TPSA) is 58.6 Å². The second-order valence-corrected chi connectivity index (χ2v) is 4.52. The number of hydrogen-bond donors (Lipinski definition) is 2. The minimum atomic E-state index is -1.18. The van der Waals surface area contributed by atoms with Gasteiger partial charge in [0, 0.05) is 10.6 Å². The number of benzene rings is 1. The molecule has 3 nitrogen and oxygen atoms in total. The zero-order valence-electron chi connectivity index (χ0n) is 8.66. The van der Waals surface area contributed by atoms with Crippen LogP contribution < -0.4 is 5.73 Å². The molecule has 1 aliphatic rings. The van der Waals surface area contributed by atoms with E-state index in [4.69, 9.17) is 17.3 Å². The second kappa shape index (κ2) is 3.22. The van der Waals surface area contributed by atoms with Crippen LogP contribution >= 0.6 is 11.6 Å². The molecular weight excluding hydrogens is 212 g/mol. The molecule has 3 N–H and O–H groups in total. The average Bonchev–Trinajstić information content (AvgIpc) is 2.42. The number of aliphatic imine (C=N–C) groups is 1. The van der Waals surface area contributed by atoms with Crippen LogP contribution in [-0.2, 0) is 5.60 Å². The molecule has 0 amide bonds. The Balaban J connectivity index is 2.64. The molecule has 15 heavy (non-hydrogen) atoms. The molecule has 0 radical (unpaired) electrons. The van der Waals surface area contributed by atoms with E-state index in [1.807, 2.05) is 13.8 Å². The van der Waals surface area contributed by atoms with Gasteiger partial charge in [-0.15, -0.1) is 0 Å². The van der Waals surface area contributed by atoms with E-state index in [1.54, 1.807) is 18.2 Å². The maximum atomic E-state index is 10.5. The van der Waals surface area contributed by atoms with Crippen molar-refractivity contribution in [3.8, 4) is 0 Å². The monoisotopic (exact) mass is 224 g/mol. The van der Waals surface area contributed by atoms with Crippen molar-refractivity contribution in [3.63, 3.8) is 0 Å². The molecule has 0 bridgehead atoms. The summed E-state index contributed by atoms with van der Waals surface area (Å²) in [5, 5.41) is 11.1. The van der Waals surface area contributed by atoms with Gasteiger partial charge >= 0.3 is 0 Å². The second-order valence-electron chi connectivity index (χ2n) is 4.08. The van der Waals surface area contributed by atoms with Crippen LogP contribution in [0.5, 0.6) is 0 Å². The quantitative estimate of drug-likeness (QED) is 0.768. The van der Waals surface area contributed by atoms with Crippen molar-refractivity contribution in [1.29, 1.82) is 0 Å². The predicted octanol–water partition coefficient (Wildman–Crippen LogP) is 2.19. The Morgan fingerprint density at radius 2 is 2.13 bits per heavy atom. The molecule has 0 fully saturated rings. The highest BCUT2D eigenvalue weighted by Gasteiger charge is 2.43. The first kappa shape index (κ1) is 10.5. The van der Waals surface area contributed by atoms with Gasteiger partial charge in [0.1, 0.15) is 5.84 Å². The van der Waals surface area contributed by atoms with E-state index < -0.39 is 5.60 Å². The molecule has 1 aromatic rings. The lowest BCUT2D eigenvalue weighted by Crippen LogP contribution is -2.43. The van der Waals surface area contributed by atoms with Crippen molar-refractivity contribution in [1.82, 2.24) is 0 Å². The number of amidine groups is 1. The molecule has 80 valence electrons. The summed E-state index contributed by atoms with van der Waals surface area (Å²) in [5.41, 5.74) is 5.99. The van der Waals surface area contributed by atoms with Crippen molar-refractivity contribution in [2.24, 2.45) is 16.6 Å². The van der Waals surface area contributed by atoms with Gasteiger partial charge in [-0.1, -0.05) is 25.4 Å². The summed E-state index contributed by atoms with van der Waals surface area (Å²) in [6.07, 6.45) is 0. The minimum absolute atomic E-state index is 0.0408. The minimum Gasteiger partial charge on any atom is -0.384 e. The van der Waals surface area contributed by atoms with Crippen LogP contribution in [-0.4, -0.2) is 10.9 Å². The van der Waals surface area contributed by atoms with E-state index in [1.165, 1.54) is 0 Å². The number of fused-ring (bicyclic) bond motifs is 1. The van der Waals surface area contributed by atoms with Crippen LogP contribution in [0.15, 0.2) is 23.2 Å². The van der Waals surface area contributed by atoms with Gasteiger partial charge in [0.05, 0.1) is 5.69 Å². The van der Waals surface area contributed by atoms with Crippen molar-refractivity contribution >= 4 is 23.1 Å². The van der Waals surface area contributed by atoms with Gasteiger partial charge in [0.25, 0.3) is 0 Å². The molecule has 0 aliphatic carbocycles. The van der Waals surface area contributed by atoms with E-state index >= 15 is 0 Å². The van der Waals surface area contributed by atoms with Crippen molar-refractivity contribution in [2.75, 3.05) is 0 Å². The molecule has 4 heteroatoms. The maximum Gasteiger partial charge on any atom is 0.151 e. The molecule has 0 unspecified atom stereocenters. The lowest BCUT2D eigenvalue weighted by molar-refractivity contribution is 0.0636. The van der Waals surface area contributed by atoms with Gasteiger partial charge in [-0.25, -0.2) is 4.99 Å². The molecule has 1 aliphatic heterocycles. The fraction of sp³-hybridized carbons (Fsp3) is 0.364. The summed E-state index contributed by atoms with van der Waals surface area (Å²) < 4.78 is 0. The summed E-state index contributed by atoms with van der Waals surface area (Å²) in [6, 6.07) is 5.23. The number of halogens is 1. The normalized spacial score (nSPS) is 24.2. The maximum absolute atomic E-state index is 10.5. The van der Waals surface area contributed by atoms with Crippen LogP contribution in [0.3, 0.4) is 0 Å². The summed E-state index contributed by atoms with van der Waals surface area (Å²) in [5.74, 6) is 0.204. The molecular formula is C11H13ClN2O. The highest BCUT2D eigenvalue weighted by atomic mass is 35.5. The molecule has 1 atom stereocenters. The van der Waals surface area contributed by atoms with Crippen LogP contribution in [0.25, 0.3) is 0 Å². The lowest BCUT2D eigenvalue weighted by atomic mass is 9.83. The fourth-order valence-corrected chi connectivity index (χ4v) is 2.04. The third kappa shape index (κ3) is 1.34. The highest BCUT2D eigenvalue weighted by molar-refractivity contribution is 6.30. The summed E-state index contributed by atoms with van der Waals surface area (Å²) >= 11 is 5.90. The first-order chi connectivity index (χ1) is 6.96. The van der Waals surface area contributed by atoms with E-state index in [0.29, 0.717) is 16.3 Å².